The second-order valence-electron chi connectivity index (χ2n) is 9.44. The zero-order valence-electron chi connectivity index (χ0n) is 20.3. The summed E-state index contributed by atoms with van der Waals surface area (Å²) in [5, 5.41) is 5.04. The first-order valence-corrected chi connectivity index (χ1v) is 13.7. The molecule has 1 atom stereocenters. The third-order valence-electron chi connectivity index (χ3n) is 6.77. The minimum absolute atomic E-state index is 0.211. The van der Waals surface area contributed by atoms with Gasteiger partial charge in [-0.25, -0.2) is 22.8 Å². The summed E-state index contributed by atoms with van der Waals surface area (Å²) in [5.74, 6) is -0.191. The molecule has 2 heterocycles. The van der Waals surface area contributed by atoms with Crippen LogP contribution in [0.1, 0.15) is 29.5 Å². The van der Waals surface area contributed by atoms with E-state index >= 15 is 0 Å². The second-order valence-corrected chi connectivity index (χ2v) is 11.5. The van der Waals surface area contributed by atoms with Crippen LogP contribution in [0, 0.1) is 25.5 Å². The van der Waals surface area contributed by atoms with Gasteiger partial charge in [0.2, 0.25) is 0 Å². The molecule has 11 heteroatoms. The lowest BCUT2D eigenvalue weighted by Gasteiger charge is -2.44. The van der Waals surface area contributed by atoms with E-state index in [0.717, 1.165) is 18.4 Å². The summed E-state index contributed by atoms with van der Waals surface area (Å²) in [6.45, 7) is 5.17. The minimum Gasteiger partial charge on any atom is -0.350 e. The highest BCUT2D eigenvalue weighted by Crippen LogP contribution is 2.46. The molecular formula is C26H25Cl2F2N5OS. The van der Waals surface area contributed by atoms with E-state index in [1.807, 2.05) is 24.0 Å². The van der Waals surface area contributed by atoms with Crippen LogP contribution in [0.2, 0.25) is 10.0 Å². The van der Waals surface area contributed by atoms with E-state index < -0.39 is 22.6 Å². The minimum atomic E-state index is -1.62. The smallest absolute Gasteiger partial charge is 0.167 e. The monoisotopic (exact) mass is 563 g/mol. The van der Waals surface area contributed by atoms with E-state index in [0.29, 0.717) is 41.5 Å². The molecule has 1 N–H and O–H groups in total. The first-order valence-electron chi connectivity index (χ1n) is 11.8. The number of anilines is 1. The van der Waals surface area contributed by atoms with Gasteiger partial charge < -0.3 is 9.80 Å². The van der Waals surface area contributed by atoms with Gasteiger partial charge in [0.25, 0.3) is 0 Å². The Hall–Kier alpha value is -2.75. The average Bonchev–Trinajstić information content (AvgIpc) is 3.60. The lowest BCUT2D eigenvalue weighted by Crippen LogP contribution is -2.58. The van der Waals surface area contributed by atoms with Crippen molar-refractivity contribution in [2.45, 2.75) is 37.1 Å². The standard InChI is InChI=1S/C26H25Cl2F2N5OS/c1-16-3-5-20(6-4-16)37(36)33-32-25(23-17(2)11-19(29)13-21(23)28)35-10-9-34(15-26(35)7-8-26)24-22(30)12-18(27)14-31-24/h3-6,11-14,33H,7-10,15H2,1-2H3/b32-25-. The molecule has 1 saturated carbocycles. The maximum absolute atomic E-state index is 14.6. The predicted molar refractivity (Wildman–Crippen MR) is 143 cm³/mol. The summed E-state index contributed by atoms with van der Waals surface area (Å²) in [6, 6.07) is 11.2. The van der Waals surface area contributed by atoms with Crippen LogP contribution < -0.4 is 9.73 Å². The topological polar surface area (TPSA) is 60.8 Å². The Balaban J connectivity index is 1.49. The number of pyridine rings is 1. The number of hydrogen-bond donors (Lipinski definition) is 1. The van der Waals surface area contributed by atoms with Crippen LogP contribution in [0.4, 0.5) is 14.6 Å². The van der Waals surface area contributed by atoms with Crippen molar-refractivity contribution in [3.63, 3.8) is 0 Å². The maximum Gasteiger partial charge on any atom is 0.167 e. The quantitative estimate of drug-likeness (QED) is 0.249. The molecule has 3 aromatic rings. The molecule has 2 fully saturated rings. The number of hydrazone groups is 1. The van der Waals surface area contributed by atoms with Crippen molar-refractivity contribution in [1.29, 1.82) is 0 Å². The van der Waals surface area contributed by atoms with Crippen LogP contribution >= 0.6 is 23.2 Å². The molecule has 1 aromatic heterocycles. The number of nitrogens with one attached hydrogen (secondary N) is 1. The first-order chi connectivity index (χ1) is 17.7. The number of halogens is 4. The van der Waals surface area contributed by atoms with Crippen LogP contribution in [-0.4, -0.2) is 45.1 Å². The fourth-order valence-corrected chi connectivity index (χ4v) is 5.88. The normalized spacial score (nSPS) is 17.7. The Kier molecular flexibility index (Phi) is 7.13. The first kappa shape index (κ1) is 25.9. The van der Waals surface area contributed by atoms with Crippen molar-refractivity contribution in [3.8, 4) is 0 Å². The molecule has 5 rings (SSSR count). The van der Waals surface area contributed by atoms with Crippen LogP contribution in [-0.2, 0) is 11.0 Å². The van der Waals surface area contributed by atoms with Gasteiger partial charge in [-0.15, -0.1) is 5.10 Å². The van der Waals surface area contributed by atoms with Crippen molar-refractivity contribution in [1.82, 2.24) is 14.7 Å². The highest BCUT2D eigenvalue weighted by molar-refractivity contribution is 7.83. The number of benzene rings is 2. The number of rotatable bonds is 5. The zero-order chi connectivity index (χ0) is 26.3. The SMILES string of the molecule is Cc1ccc(S(=O)N/N=C(/c2c(C)cc(F)cc2Cl)N2CCN(c3ncc(Cl)cc3F)CC23CC3)cc1. The van der Waals surface area contributed by atoms with Gasteiger partial charge in [0, 0.05) is 31.4 Å². The van der Waals surface area contributed by atoms with Gasteiger partial charge >= 0.3 is 0 Å². The highest BCUT2D eigenvalue weighted by Gasteiger charge is 2.53. The third-order valence-corrected chi connectivity index (χ3v) is 8.23. The van der Waals surface area contributed by atoms with Crippen molar-refractivity contribution in [2.24, 2.45) is 5.10 Å². The molecule has 194 valence electrons. The van der Waals surface area contributed by atoms with Crippen molar-refractivity contribution < 1.29 is 13.0 Å². The summed E-state index contributed by atoms with van der Waals surface area (Å²) < 4.78 is 41.7. The van der Waals surface area contributed by atoms with E-state index in [-0.39, 0.29) is 21.4 Å². The van der Waals surface area contributed by atoms with E-state index in [9.17, 15) is 13.0 Å². The molecule has 1 unspecified atom stereocenters. The Morgan fingerprint density at radius 2 is 1.84 bits per heavy atom. The van der Waals surface area contributed by atoms with E-state index in [2.05, 4.69) is 19.8 Å². The summed E-state index contributed by atoms with van der Waals surface area (Å²) in [7, 11) is -1.62. The van der Waals surface area contributed by atoms with Gasteiger partial charge in [-0.1, -0.05) is 40.9 Å². The molecule has 6 nitrogen and oxygen atoms in total. The van der Waals surface area contributed by atoms with E-state index in [1.165, 1.54) is 24.4 Å². The number of amidine groups is 1. The Labute approximate surface area is 226 Å². The zero-order valence-corrected chi connectivity index (χ0v) is 22.6. The summed E-state index contributed by atoms with van der Waals surface area (Å²) in [6.07, 6.45) is 3.12. The van der Waals surface area contributed by atoms with Crippen LogP contribution in [0.15, 0.2) is 58.7 Å². The summed E-state index contributed by atoms with van der Waals surface area (Å²) >= 11 is 12.4. The van der Waals surface area contributed by atoms with Gasteiger partial charge in [-0.3, -0.25) is 0 Å². The van der Waals surface area contributed by atoms with Gasteiger partial charge in [-0.05, 0) is 62.6 Å². The molecule has 1 saturated heterocycles. The molecule has 1 spiro atoms. The van der Waals surface area contributed by atoms with Gasteiger partial charge in [-0.2, -0.15) is 0 Å². The van der Waals surface area contributed by atoms with Crippen LogP contribution in [0.3, 0.4) is 0 Å². The van der Waals surface area contributed by atoms with E-state index in [4.69, 9.17) is 23.2 Å². The summed E-state index contributed by atoms with van der Waals surface area (Å²) in [4.78, 5) is 11.6. The molecular weight excluding hydrogens is 539 g/mol. The fourth-order valence-electron chi connectivity index (χ4n) is 4.74. The fraction of sp³-hybridized carbons (Fsp3) is 0.308. The second kappa shape index (κ2) is 10.2. The summed E-state index contributed by atoms with van der Waals surface area (Å²) in [5.41, 5.74) is 1.88. The van der Waals surface area contributed by atoms with Crippen LogP contribution in [0.25, 0.3) is 0 Å². The molecule has 37 heavy (non-hydrogen) atoms. The average molecular weight is 564 g/mol. The lowest BCUT2D eigenvalue weighted by molar-refractivity contribution is 0.257. The number of piperazine rings is 1. The number of aromatic nitrogens is 1. The largest absolute Gasteiger partial charge is 0.350 e. The lowest BCUT2D eigenvalue weighted by atomic mass is 10.0. The van der Waals surface area contributed by atoms with E-state index in [1.54, 1.807) is 19.1 Å². The van der Waals surface area contributed by atoms with Crippen LogP contribution in [0.5, 0.6) is 0 Å². The molecule has 0 amide bonds. The Morgan fingerprint density at radius 1 is 1.11 bits per heavy atom. The Morgan fingerprint density at radius 3 is 2.49 bits per heavy atom. The van der Waals surface area contributed by atoms with Crippen molar-refractivity contribution >= 4 is 45.8 Å². The number of aryl methyl sites for hydroxylation is 2. The number of nitrogens with zero attached hydrogens (tertiary/aromatic N) is 4. The maximum atomic E-state index is 14.6. The van der Waals surface area contributed by atoms with Crippen molar-refractivity contribution in [2.75, 3.05) is 24.5 Å². The highest BCUT2D eigenvalue weighted by atomic mass is 35.5. The van der Waals surface area contributed by atoms with Gasteiger partial charge in [0.1, 0.15) is 5.82 Å². The molecule has 1 aliphatic carbocycles. The predicted octanol–water partition coefficient (Wildman–Crippen LogP) is 5.61. The van der Waals surface area contributed by atoms with Crippen molar-refractivity contribution in [3.05, 3.63) is 87.0 Å². The Bertz CT molecular complexity index is 1380. The molecule has 0 bridgehead atoms. The molecule has 0 radical (unpaired) electrons. The van der Waals surface area contributed by atoms with Gasteiger partial charge in [0.05, 0.1) is 20.5 Å². The molecule has 2 aromatic carbocycles. The molecule has 1 aliphatic heterocycles. The number of hydrogen-bond acceptors (Lipinski definition) is 4. The molecule has 2 aliphatic rings. The third kappa shape index (κ3) is 5.30. The van der Waals surface area contributed by atoms with Gasteiger partial charge in [0.15, 0.2) is 28.5 Å².